The van der Waals surface area contributed by atoms with E-state index in [2.05, 4.69) is 413 Å². The molecular weight excluding hydrogens is 1650 g/mol. The van der Waals surface area contributed by atoms with E-state index in [1.165, 1.54) is 220 Å². The van der Waals surface area contributed by atoms with Gasteiger partial charge in [-0.15, -0.1) is 0 Å². The second-order valence-electron chi connectivity index (χ2n) is 32.6. The highest BCUT2D eigenvalue weighted by atomic mass is 14.3. The third kappa shape index (κ3) is 22.4. The molecule has 0 nitrogen and oxygen atoms in total. The van der Waals surface area contributed by atoms with Crippen molar-refractivity contribution >= 4 is 64.6 Å². The third-order valence-corrected chi connectivity index (χ3v) is 25.5. The van der Waals surface area contributed by atoms with Crippen molar-refractivity contribution in [2.45, 2.75) is 156 Å². The van der Waals surface area contributed by atoms with Gasteiger partial charge in [0.1, 0.15) is 0 Å². The average Bonchev–Trinajstić information content (AvgIpc) is 1.62. The minimum absolute atomic E-state index is 1.08. The molecule has 0 amide bonds. The predicted molar refractivity (Wildman–Crippen MR) is 605 cm³/mol. The Morgan fingerprint density at radius 2 is 0.299 bits per heavy atom. The first-order valence-corrected chi connectivity index (χ1v) is 50.7. The van der Waals surface area contributed by atoms with Gasteiger partial charge in [-0.2, -0.15) is 0 Å². The lowest BCUT2D eigenvalue weighted by Crippen LogP contribution is -1.83. The number of fused-ring (bicyclic) bond motifs is 31. The summed E-state index contributed by atoms with van der Waals surface area (Å²) in [5.74, 6) is 0. The van der Waals surface area contributed by atoms with Crippen LogP contribution in [0.1, 0.15) is 189 Å². The Hall–Kier alpha value is -14.8. The monoisotopic (exact) mass is 1780 g/mol. The van der Waals surface area contributed by atoms with E-state index < -0.39 is 0 Å². The fourth-order valence-corrected chi connectivity index (χ4v) is 19.7. The second-order valence-corrected chi connectivity index (χ2v) is 32.6. The summed E-state index contributed by atoms with van der Waals surface area (Å²) in [5.41, 5.74) is 40.4. The lowest BCUT2D eigenvalue weighted by molar-refractivity contribution is 1.26. The van der Waals surface area contributed by atoms with E-state index in [0.29, 0.717) is 0 Å². The number of hydrogen-bond acceptors (Lipinski definition) is 0. The van der Waals surface area contributed by atoms with E-state index in [4.69, 9.17) is 0 Å². The van der Waals surface area contributed by atoms with Gasteiger partial charge in [0, 0.05) is 0 Å². The Morgan fingerprint density at radius 1 is 0.109 bits per heavy atom. The SMILES string of the molecule is CC.CC.CC.CC.CC.CC.CC.CC.c1ccc2c(c1)Cc1c-2ccc2ccccc12.c1ccc2c(c1)Cc1c-2ccc2ccccc12.c1ccc2c(c1)Cc1cc3ccccc3cc1-2.c1ccc2c(c1)Cc1cc3ccccc3cc1-2.c1ccc2c(c1)Cc1ccc3ccccc3c1-2.c1ccc2c(c1)Cc1ccc3ccccc3c1-2.c1ccc2c(c1)Cc1ccccc1-2.c1ccccc1. The maximum absolute atomic E-state index is 2.34. The van der Waals surface area contributed by atoms with E-state index in [1.54, 1.807) is 0 Å². The molecule has 21 aromatic rings. The van der Waals surface area contributed by atoms with Gasteiger partial charge in [0.25, 0.3) is 0 Å². The molecule has 7 aliphatic carbocycles. The van der Waals surface area contributed by atoms with Crippen LogP contribution in [0.4, 0.5) is 0 Å². The number of hydrogen-bond donors (Lipinski definition) is 0. The average molecular weight is 1780 g/mol. The summed E-state index contributed by atoms with van der Waals surface area (Å²) in [6.45, 7) is 32.0. The molecule has 0 fully saturated rings. The largest absolute Gasteiger partial charge is 0.0683 e. The van der Waals surface area contributed by atoms with Gasteiger partial charge in [0.15, 0.2) is 0 Å². The van der Waals surface area contributed by atoms with Crippen LogP contribution in [0.5, 0.6) is 0 Å². The second kappa shape index (κ2) is 50.5. The molecule has 0 aliphatic heterocycles. The van der Waals surface area contributed by atoms with Gasteiger partial charge in [-0.3, -0.25) is 0 Å². The molecule has 21 aromatic carbocycles. The first-order valence-electron chi connectivity index (χ1n) is 50.7. The fourth-order valence-electron chi connectivity index (χ4n) is 19.7. The third-order valence-electron chi connectivity index (χ3n) is 25.5. The summed E-state index contributed by atoms with van der Waals surface area (Å²) < 4.78 is 0. The quantitative estimate of drug-likeness (QED) is 0.142. The van der Waals surface area contributed by atoms with Crippen LogP contribution in [0.15, 0.2) is 449 Å². The molecule has 0 radical (unpaired) electrons. The topological polar surface area (TPSA) is 0 Å². The molecule has 7 aliphatic rings. The molecule has 0 heterocycles. The molecule has 0 heteroatoms. The van der Waals surface area contributed by atoms with Crippen molar-refractivity contribution in [2.75, 3.05) is 0 Å². The Kier molecular flexibility index (Phi) is 36.7. The van der Waals surface area contributed by atoms with E-state index in [1.807, 2.05) is 147 Å². The van der Waals surface area contributed by atoms with E-state index in [-0.39, 0.29) is 0 Å². The van der Waals surface area contributed by atoms with Crippen molar-refractivity contribution in [1.82, 2.24) is 0 Å². The minimum atomic E-state index is 1.08. The zero-order valence-electron chi connectivity index (χ0n) is 83.7. The molecule has 0 spiro atoms. The molecule has 137 heavy (non-hydrogen) atoms. The lowest BCUT2D eigenvalue weighted by Gasteiger charge is -2.06. The molecule has 0 bridgehead atoms. The minimum Gasteiger partial charge on any atom is -0.0683 e. The van der Waals surface area contributed by atoms with Crippen molar-refractivity contribution in [1.29, 1.82) is 0 Å². The summed E-state index contributed by atoms with van der Waals surface area (Å²) in [6.07, 6.45) is 7.57. The molecule has 0 unspecified atom stereocenters. The van der Waals surface area contributed by atoms with Gasteiger partial charge < -0.3 is 0 Å². The van der Waals surface area contributed by atoms with Gasteiger partial charge in [-0.25, -0.2) is 0 Å². The van der Waals surface area contributed by atoms with Gasteiger partial charge in [-0.1, -0.05) is 548 Å². The molecule has 0 atom stereocenters. The van der Waals surface area contributed by atoms with Gasteiger partial charge in [0.2, 0.25) is 0 Å². The molecule has 0 aromatic heterocycles. The van der Waals surface area contributed by atoms with Crippen molar-refractivity contribution in [3.63, 3.8) is 0 Å². The highest BCUT2D eigenvalue weighted by Crippen LogP contribution is 2.47. The van der Waals surface area contributed by atoms with Crippen molar-refractivity contribution in [3.05, 3.63) is 527 Å². The van der Waals surface area contributed by atoms with Crippen LogP contribution < -0.4 is 0 Å². The van der Waals surface area contributed by atoms with E-state index in [0.717, 1.165) is 44.9 Å². The number of rotatable bonds is 0. The van der Waals surface area contributed by atoms with Crippen molar-refractivity contribution in [2.24, 2.45) is 0 Å². The summed E-state index contributed by atoms with van der Waals surface area (Å²) in [6, 6.07) is 161. The van der Waals surface area contributed by atoms with Gasteiger partial charge in [0.05, 0.1) is 0 Å². The summed E-state index contributed by atoms with van der Waals surface area (Å²) in [7, 11) is 0. The van der Waals surface area contributed by atoms with Crippen molar-refractivity contribution < 1.29 is 0 Å². The van der Waals surface area contributed by atoms with Crippen LogP contribution in [0.3, 0.4) is 0 Å². The molecule has 0 saturated heterocycles. The zero-order valence-corrected chi connectivity index (χ0v) is 83.7. The van der Waals surface area contributed by atoms with Crippen LogP contribution in [-0.4, -0.2) is 0 Å². The van der Waals surface area contributed by atoms with Gasteiger partial charge >= 0.3 is 0 Å². The van der Waals surface area contributed by atoms with Crippen LogP contribution in [0.25, 0.3) is 143 Å². The Bertz CT molecular complexity index is 7000. The zero-order chi connectivity index (χ0) is 96.4. The number of benzene rings is 21. The first kappa shape index (κ1) is 99.7. The maximum Gasteiger partial charge on any atom is -0.000729 e. The highest BCUT2D eigenvalue weighted by Gasteiger charge is 2.26. The Morgan fingerprint density at radius 3 is 0.599 bits per heavy atom. The summed E-state index contributed by atoms with van der Waals surface area (Å²) in [5, 5.41) is 16.3. The normalized spacial score (nSPS) is 11.2. The Labute approximate surface area is 819 Å². The highest BCUT2D eigenvalue weighted by molar-refractivity contribution is 6.04. The standard InChI is InChI=1S/6C17H12.C13H10.C6H6.8C2H6/c2*1-3-7-15-12(5-1)9-10-14-11-13-6-2-4-8-16(13)17(14)15;2*1-3-7-14-12(5-1)9-10-16-15-8-4-2-6-13(15)11-17(14)16;2*1-2-6-13-11-17-15(9-12(13)5-1)10-14-7-3-4-8-16(14)17;1-3-7-12-10(5-1)9-11-6-2-4-8-13(11)12;1-2-4-6-5-3-1;8*1-2/h4*1-10H,11H2;2*1-9,11H,10H2;1-8H,9H2;1-6H;8*1-2H3. The van der Waals surface area contributed by atoms with E-state index >= 15 is 0 Å². The Balaban J connectivity index is 0.000000130. The summed E-state index contributed by atoms with van der Waals surface area (Å²) >= 11 is 0. The lowest BCUT2D eigenvalue weighted by atomic mass is 9.98. The van der Waals surface area contributed by atoms with Crippen LogP contribution >= 0.6 is 0 Å². The fraction of sp³-hybridized carbons (Fsp3) is 0.168. The van der Waals surface area contributed by atoms with Crippen molar-refractivity contribution in [3.8, 4) is 77.9 Å². The summed E-state index contributed by atoms with van der Waals surface area (Å²) in [4.78, 5) is 0. The van der Waals surface area contributed by atoms with Crippen LogP contribution in [0, 0.1) is 0 Å². The molecular formula is C137H136. The van der Waals surface area contributed by atoms with E-state index in [9.17, 15) is 0 Å². The maximum atomic E-state index is 2.34. The smallest absolute Gasteiger partial charge is 0.000729 e. The molecule has 0 saturated carbocycles. The first-order chi connectivity index (χ1) is 68.0. The van der Waals surface area contributed by atoms with Crippen LogP contribution in [0.2, 0.25) is 0 Å². The van der Waals surface area contributed by atoms with Crippen LogP contribution in [-0.2, 0) is 44.9 Å². The predicted octanol–water partition coefficient (Wildman–Crippen LogP) is 39.6. The molecule has 28 rings (SSSR count). The molecule has 684 valence electrons. The molecule has 0 N–H and O–H groups in total. The van der Waals surface area contributed by atoms with Gasteiger partial charge in [-0.05, 0) is 277 Å².